The van der Waals surface area contributed by atoms with Gasteiger partial charge in [0.2, 0.25) is 5.88 Å². The van der Waals surface area contributed by atoms with Crippen molar-refractivity contribution < 1.29 is 14.6 Å². The Kier molecular flexibility index (Phi) is 3.97. The Bertz CT molecular complexity index is 550. The van der Waals surface area contributed by atoms with E-state index in [4.69, 9.17) is 9.84 Å². The van der Waals surface area contributed by atoms with Crippen LogP contribution in [-0.2, 0) is 0 Å². The maximum Gasteiger partial charge on any atom is 0.335 e. The van der Waals surface area contributed by atoms with E-state index in [1.54, 1.807) is 36.5 Å². The van der Waals surface area contributed by atoms with Crippen molar-refractivity contribution >= 4 is 17.3 Å². The van der Waals surface area contributed by atoms with Crippen LogP contribution in [0.5, 0.6) is 5.88 Å². The van der Waals surface area contributed by atoms with Crippen molar-refractivity contribution in [2.75, 3.05) is 11.9 Å². The molecule has 19 heavy (non-hydrogen) atoms. The van der Waals surface area contributed by atoms with E-state index >= 15 is 0 Å². The van der Waals surface area contributed by atoms with Gasteiger partial charge in [-0.1, -0.05) is 0 Å². The first kappa shape index (κ1) is 12.9. The van der Waals surface area contributed by atoms with Crippen LogP contribution in [0.2, 0.25) is 0 Å². The predicted octanol–water partition coefficient (Wildman–Crippen LogP) is 2.92. The predicted molar refractivity (Wildman–Crippen MR) is 72.1 cm³/mol. The molecule has 0 saturated carbocycles. The van der Waals surface area contributed by atoms with Crippen molar-refractivity contribution in [1.29, 1.82) is 0 Å². The second-order valence-corrected chi connectivity index (χ2v) is 3.83. The number of aromatic nitrogens is 1. The molecule has 5 heteroatoms. The second-order valence-electron chi connectivity index (χ2n) is 3.83. The van der Waals surface area contributed by atoms with Crippen LogP contribution >= 0.6 is 0 Å². The van der Waals surface area contributed by atoms with Crippen molar-refractivity contribution in [2.24, 2.45) is 0 Å². The molecule has 0 aliphatic carbocycles. The van der Waals surface area contributed by atoms with Crippen LogP contribution in [0.15, 0.2) is 42.6 Å². The summed E-state index contributed by atoms with van der Waals surface area (Å²) in [7, 11) is 0. The Morgan fingerprint density at radius 2 is 1.89 bits per heavy atom. The summed E-state index contributed by atoms with van der Waals surface area (Å²) < 4.78 is 5.25. The lowest BCUT2D eigenvalue weighted by atomic mass is 10.2. The number of nitrogens with one attached hydrogen (secondary N) is 1. The van der Waals surface area contributed by atoms with Gasteiger partial charge in [0.25, 0.3) is 0 Å². The fourth-order valence-electron chi connectivity index (χ4n) is 1.55. The van der Waals surface area contributed by atoms with E-state index < -0.39 is 5.97 Å². The normalized spacial score (nSPS) is 9.95. The summed E-state index contributed by atoms with van der Waals surface area (Å²) in [5.41, 5.74) is 1.87. The summed E-state index contributed by atoms with van der Waals surface area (Å²) in [6, 6.07) is 10.1. The molecule has 0 aliphatic rings. The fraction of sp³-hybridized carbons (Fsp3) is 0.143. The monoisotopic (exact) mass is 258 g/mol. The molecule has 0 aliphatic heterocycles. The van der Waals surface area contributed by atoms with Crippen molar-refractivity contribution in [3.05, 3.63) is 48.2 Å². The molecule has 1 aromatic heterocycles. The van der Waals surface area contributed by atoms with E-state index in [9.17, 15) is 4.79 Å². The Labute approximate surface area is 110 Å². The quantitative estimate of drug-likeness (QED) is 0.862. The van der Waals surface area contributed by atoms with Gasteiger partial charge < -0.3 is 15.2 Å². The van der Waals surface area contributed by atoms with Gasteiger partial charge in [0, 0.05) is 11.8 Å². The Balaban J connectivity index is 2.06. The first-order valence-electron chi connectivity index (χ1n) is 5.88. The topological polar surface area (TPSA) is 71.5 Å². The lowest BCUT2D eigenvalue weighted by Gasteiger charge is -2.07. The number of carboxylic acids is 1. The molecule has 0 radical (unpaired) electrons. The van der Waals surface area contributed by atoms with Gasteiger partial charge in [0.05, 0.1) is 24.1 Å². The highest BCUT2D eigenvalue weighted by atomic mass is 16.5. The second kappa shape index (κ2) is 5.86. The van der Waals surface area contributed by atoms with Gasteiger partial charge in [-0.3, -0.25) is 0 Å². The average molecular weight is 258 g/mol. The van der Waals surface area contributed by atoms with Crippen LogP contribution in [0.25, 0.3) is 0 Å². The third kappa shape index (κ3) is 3.45. The summed E-state index contributed by atoms with van der Waals surface area (Å²) in [6.07, 6.45) is 1.66. The van der Waals surface area contributed by atoms with Crippen LogP contribution < -0.4 is 10.1 Å². The van der Waals surface area contributed by atoms with E-state index in [2.05, 4.69) is 10.3 Å². The van der Waals surface area contributed by atoms with Crippen LogP contribution in [0.3, 0.4) is 0 Å². The summed E-state index contributed by atoms with van der Waals surface area (Å²) in [5.74, 6) is -0.358. The summed E-state index contributed by atoms with van der Waals surface area (Å²) in [5, 5.41) is 11.9. The number of carbonyl (C=O) groups is 1. The number of pyridine rings is 1. The van der Waals surface area contributed by atoms with Crippen molar-refractivity contribution in [1.82, 2.24) is 4.98 Å². The SMILES string of the molecule is CCOc1ccc(Nc2ccc(C(=O)O)cc2)cn1. The zero-order chi connectivity index (χ0) is 13.7. The molecule has 0 saturated heterocycles. The van der Waals surface area contributed by atoms with Crippen LogP contribution in [0.4, 0.5) is 11.4 Å². The third-order valence-electron chi connectivity index (χ3n) is 2.45. The molecule has 2 N–H and O–H groups in total. The highest BCUT2D eigenvalue weighted by molar-refractivity contribution is 5.88. The number of benzene rings is 1. The molecular weight excluding hydrogens is 244 g/mol. The number of anilines is 2. The number of nitrogens with zero attached hydrogens (tertiary/aromatic N) is 1. The van der Waals surface area contributed by atoms with Gasteiger partial charge in [-0.2, -0.15) is 0 Å². The van der Waals surface area contributed by atoms with Gasteiger partial charge in [-0.25, -0.2) is 9.78 Å². The van der Waals surface area contributed by atoms with Gasteiger partial charge in [0.15, 0.2) is 0 Å². The minimum atomic E-state index is -0.936. The number of ether oxygens (including phenoxy) is 1. The van der Waals surface area contributed by atoms with Crippen LogP contribution in [-0.4, -0.2) is 22.7 Å². The molecule has 0 fully saturated rings. The number of hydrogen-bond acceptors (Lipinski definition) is 4. The number of carboxylic acid groups (broad SMARTS) is 1. The van der Waals surface area contributed by atoms with E-state index in [0.29, 0.717) is 12.5 Å². The third-order valence-corrected chi connectivity index (χ3v) is 2.45. The molecule has 0 bridgehead atoms. The molecule has 0 amide bonds. The van der Waals surface area contributed by atoms with E-state index in [1.807, 2.05) is 13.0 Å². The maximum absolute atomic E-state index is 10.7. The lowest BCUT2D eigenvalue weighted by molar-refractivity contribution is 0.0697. The molecular formula is C14H14N2O3. The number of aromatic carboxylic acids is 1. The van der Waals surface area contributed by atoms with E-state index in [1.165, 1.54) is 0 Å². The molecule has 5 nitrogen and oxygen atoms in total. The lowest BCUT2D eigenvalue weighted by Crippen LogP contribution is -1.97. The van der Waals surface area contributed by atoms with Gasteiger partial charge >= 0.3 is 5.97 Å². The zero-order valence-electron chi connectivity index (χ0n) is 10.5. The number of rotatable bonds is 5. The fourth-order valence-corrected chi connectivity index (χ4v) is 1.55. The Hall–Kier alpha value is -2.56. The van der Waals surface area contributed by atoms with Gasteiger partial charge in [0.1, 0.15) is 0 Å². The standard InChI is InChI=1S/C14H14N2O3/c1-2-19-13-8-7-12(9-15-13)16-11-5-3-10(4-6-11)14(17)18/h3-9,16H,2H2,1H3,(H,17,18). The highest BCUT2D eigenvalue weighted by Gasteiger charge is 2.02. The summed E-state index contributed by atoms with van der Waals surface area (Å²) >= 11 is 0. The van der Waals surface area contributed by atoms with Gasteiger partial charge in [-0.05, 0) is 37.3 Å². The maximum atomic E-state index is 10.7. The van der Waals surface area contributed by atoms with Crippen molar-refractivity contribution in [3.8, 4) is 5.88 Å². The Morgan fingerprint density at radius 1 is 1.21 bits per heavy atom. The molecule has 1 heterocycles. The minimum Gasteiger partial charge on any atom is -0.478 e. The highest BCUT2D eigenvalue weighted by Crippen LogP contribution is 2.18. The molecule has 0 unspecified atom stereocenters. The van der Waals surface area contributed by atoms with Gasteiger partial charge in [-0.15, -0.1) is 0 Å². The minimum absolute atomic E-state index is 0.260. The molecule has 98 valence electrons. The molecule has 2 rings (SSSR count). The van der Waals surface area contributed by atoms with E-state index in [0.717, 1.165) is 11.4 Å². The molecule has 0 atom stereocenters. The molecule has 2 aromatic rings. The summed E-state index contributed by atoms with van der Waals surface area (Å²) in [6.45, 7) is 2.48. The smallest absolute Gasteiger partial charge is 0.335 e. The van der Waals surface area contributed by atoms with Crippen LogP contribution in [0.1, 0.15) is 17.3 Å². The first-order chi connectivity index (χ1) is 9.19. The average Bonchev–Trinajstić information content (AvgIpc) is 2.42. The van der Waals surface area contributed by atoms with E-state index in [-0.39, 0.29) is 5.56 Å². The molecule has 0 spiro atoms. The van der Waals surface area contributed by atoms with Crippen molar-refractivity contribution in [3.63, 3.8) is 0 Å². The zero-order valence-corrected chi connectivity index (χ0v) is 10.5. The number of hydrogen-bond donors (Lipinski definition) is 2. The van der Waals surface area contributed by atoms with Crippen LogP contribution in [0, 0.1) is 0 Å². The van der Waals surface area contributed by atoms with Crippen molar-refractivity contribution in [2.45, 2.75) is 6.92 Å². The first-order valence-corrected chi connectivity index (χ1v) is 5.88. The molecule has 1 aromatic carbocycles. The Morgan fingerprint density at radius 3 is 2.42 bits per heavy atom. The largest absolute Gasteiger partial charge is 0.478 e. The summed E-state index contributed by atoms with van der Waals surface area (Å²) in [4.78, 5) is 14.9.